The Balaban J connectivity index is 2.58. The molecule has 0 bridgehead atoms. The van der Waals surface area contributed by atoms with E-state index < -0.39 is 0 Å². The highest BCUT2D eigenvalue weighted by Gasteiger charge is 2.10. The molecule has 0 spiro atoms. The van der Waals surface area contributed by atoms with Gasteiger partial charge in [0.15, 0.2) is 0 Å². The molecule has 2 heteroatoms. The zero-order chi connectivity index (χ0) is 12.7. The lowest BCUT2D eigenvalue weighted by Gasteiger charge is -2.18. The number of ether oxygens (including phenoxy) is 1. The van der Waals surface area contributed by atoms with Crippen LogP contribution in [0, 0.1) is 6.92 Å². The molecule has 0 aliphatic carbocycles. The fourth-order valence-corrected chi connectivity index (χ4v) is 2.28. The van der Waals surface area contributed by atoms with Gasteiger partial charge in [0.05, 0.1) is 12.7 Å². The summed E-state index contributed by atoms with van der Waals surface area (Å²) in [4.78, 5) is 0. The molecule has 0 aromatic heterocycles. The smallest absolute Gasteiger partial charge is 0.0737 e. The second-order valence-electron chi connectivity index (χ2n) is 4.55. The van der Waals surface area contributed by atoms with E-state index in [0.717, 1.165) is 23.4 Å². The van der Waals surface area contributed by atoms with E-state index in [1.54, 1.807) is 0 Å². The second-order valence-corrected chi connectivity index (χ2v) is 4.95. The molecule has 1 aromatic carbocycles. The van der Waals surface area contributed by atoms with E-state index in [9.17, 15) is 0 Å². The molecule has 0 aliphatic heterocycles. The fraction of sp³-hybridized carbons (Fsp3) is 0.600. The van der Waals surface area contributed by atoms with Gasteiger partial charge in [0.2, 0.25) is 0 Å². The molecule has 0 atom stereocenters. The average Bonchev–Trinajstić information content (AvgIpc) is 2.29. The number of hydrogen-bond donors (Lipinski definition) is 0. The minimum Gasteiger partial charge on any atom is -0.373 e. The Kier molecular flexibility index (Phi) is 6.61. The van der Waals surface area contributed by atoms with E-state index in [1.165, 1.54) is 18.4 Å². The first kappa shape index (κ1) is 14.5. The van der Waals surface area contributed by atoms with Crippen molar-refractivity contribution in [1.29, 1.82) is 0 Å². The van der Waals surface area contributed by atoms with Gasteiger partial charge in [-0.25, -0.2) is 0 Å². The van der Waals surface area contributed by atoms with Crippen LogP contribution in [0.1, 0.15) is 50.7 Å². The minimum atomic E-state index is 0.376. The van der Waals surface area contributed by atoms with Crippen LogP contribution in [0.5, 0.6) is 0 Å². The maximum atomic E-state index is 6.19. The third kappa shape index (κ3) is 4.69. The van der Waals surface area contributed by atoms with Crippen LogP contribution in [0.25, 0.3) is 0 Å². The average molecular weight is 255 g/mol. The number of halogens is 1. The zero-order valence-electron chi connectivity index (χ0n) is 11.1. The highest BCUT2D eigenvalue weighted by molar-refractivity contribution is 6.31. The number of aryl methyl sites for hydroxylation is 1. The van der Waals surface area contributed by atoms with Crippen LogP contribution < -0.4 is 0 Å². The van der Waals surface area contributed by atoms with Crippen molar-refractivity contribution in [2.24, 2.45) is 0 Å². The van der Waals surface area contributed by atoms with Gasteiger partial charge >= 0.3 is 0 Å². The lowest BCUT2D eigenvalue weighted by atomic mass is 10.1. The largest absolute Gasteiger partial charge is 0.373 e. The normalized spacial score (nSPS) is 11.1. The summed E-state index contributed by atoms with van der Waals surface area (Å²) in [7, 11) is 0. The van der Waals surface area contributed by atoms with Gasteiger partial charge in [-0.2, -0.15) is 0 Å². The molecule has 1 nitrogen and oxygen atoms in total. The second kappa shape index (κ2) is 7.73. The number of rotatable bonds is 7. The van der Waals surface area contributed by atoms with Crippen LogP contribution in [0.3, 0.4) is 0 Å². The van der Waals surface area contributed by atoms with Gasteiger partial charge in [0.25, 0.3) is 0 Å². The summed E-state index contributed by atoms with van der Waals surface area (Å²) < 4.78 is 5.99. The Bertz CT molecular complexity index is 309. The molecule has 0 radical (unpaired) electrons. The predicted molar refractivity (Wildman–Crippen MR) is 74.6 cm³/mol. The standard InChI is InChI=1S/C15H23ClO/c1-4-7-13(8-5-2)17-11-14-12(3)9-6-10-15(14)16/h6,9-10,13H,4-5,7-8,11H2,1-3H3. The SMILES string of the molecule is CCCC(CCC)OCc1c(C)cccc1Cl. The third-order valence-electron chi connectivity index (χ3n) is 3.04. The van der Waals surface area contributed by atoms with E-state index >= 15 is 0 Å². The summed E-state index contributed by atoms with van der Waals surface area (Å²) in [6, 6.07) is 6.00. The maximum absolute atomic E-state index is 6.19. The Morgan fingerprint density at radius 3 is 2.35 bits per heavy atom. The lowest BCUT2D eigenvalue weighted by molar-refractivity contribution is 0.0283. The lowest BCUT2D eigenvalue weighted by Crippen LogP contribution is -2.12. The predicted octanol–water partition coefficient (Wildman–Crippen LogP) is 5.13. The quantitative estimate of drug-likeness (QED) is 0.655. The van der Waals surface area contributed by atoms with Gasteiger partial charge in [-0.05, 0) is 37.0 Å². The Morgan fingerprint density at radius 1 is 1.18 bits per heavy atom. The summed E-state index contributed by atoms with van der Waals surface area (Å²) in [6.45, 7) is 7.12. The van der Waals surface area contributed by atoms with Crippen molar-refractivity contribution in [3.8, 4) is 0 Å². The highest BCUT2D eigenvalue weighted by atomic mass is 35.5. The maximum Gasteiger partial charge on any atom is 0.0737 e. The number of hydrogen-bond acceptors (Lipinski definition) is 1. The Morgan fingerprint density at radius 2 is 1.82 bits per heavy atom. The molecule has 0 saturated heterocycles. The van der Waals surface area contributed by atoms with Crippen LogP contribution in [-0.2, 0) is 11.3 Å². The molecule has 96 valence electrons. The van der Waals surface area contributed by atoms with Crippen molar-refractivity contribution in [3.05, 3.63) is 34.3 Å². The van der Waals surface area contributed by atoms with Crippen LogP contribution >= 0.6 is 11.6 Å². The zero-order valence-corrected chi connectivity index (χ0v) is 11.9. The van der Waals surface area contributed by atoms with E-state index in [-0.39, 0.29) is 0 Å². The van der Waals surface area contributed by atoms with Crippen molar-refractivity contribution < 1.29 is 4.74 Å². The first-order valence-corrected chi connectivity index (χ1v) is 6.92. The highest BCUT2D eigenvalue weighted by Crippen LogP contribution is 2.22. The molecule has 0 unspecified atom stereocenters. The monoisotopic (exact) mass is 254 g/mol. The summed E-state index contributed by atoms with van der Waals surface area (Å²) in [5.74, 6) is 0. The van der Waals surface area contributed by atoms with Crippen molar-refractivity contribution in [2.45, 2.75) is 59.2 Å². The van der Waals surface area contributed by atoms with E-state index in [1.807, 2.05) is 12.1 Å². The molecule has 17 heavy (non-hydrogen) atoms. The van der Waals surface area contributed by atoms with E-state index in [0.29, 0.717) is 12.7 Å². The van der Waals surface area contributed by atoms with Gasteiger partial charge in [0, 0.05) is 5.02 Å². The van der Waals surface area contributed by atoms with Gasteiger partial charge in [0.1, 0.15) is 0 Å². The molecule has 1 rings (SSSR count). The van der Waals surface area contributed by atoms with Crippen LogP contribution in [0.15, 0.2) is 18.2 Å². The van der Waals surface area contributed by atoms with E-state index in [2.05, 4.69) is 26.8 Å². The Hall–Kier alpha value is -0.530. The number of benzene rings is 1. The van der Waals surface area contributed by atoms with Crippen molar-refractivity contribution in [1.82, 2.24) is 0 Å². The topological polar surface area (TPSA) is 9.23 Å². The molecular weight excluding hydrogens is 232 g/mol. The molecule has 0 N–H and O–H groups in total. The molecule has 0 saturated carbocycles. The fourth-order valence-electron chi connectivity index (χ4n) is 2.01. The summed E-state index contributed by atoms with van der Waals surface area (Å²) >= 11 is 6.19. The van der Waals surface area contributed by atoms with Crippen molar-refractivity contribution in [3.63, 3.8) is 0 Å². The van der Waals surface area contributed by atoms with Gasteiger partial charge < -0.3 is 4.74 Å². The summed E-state index contributed by atoms with van der Waals surface area (Å²) in [5.41, 5.74) is 2.34. The van der Waals surface area contributed by atoms with Crippen LogP contribution in [-0.4, -0.2) is 6.10 Å². The molecule has 0 amide bonds. The van der Waals surface area contributed by atoms with Gasteiger partial charge in [-0.15, -0.1) is 0 Å². The van der Waals surface area contributed by atoms with Crippen LogP contribution in [0.4, 0.5) is 0 Å². The minimum absolute atomic E-state index is 0.376. The molecule has 1 aromatic rings. The van der Waals surface area contributed by atoms with Crippen molar-refractivity contribution >= 4 is 11.6 Å². The third-order valence-corrected chi connectivity index (χ3v) is 3.39. The first-order chi connectivity index (χ1) is 8.19. The Labute approximate surface area is 110 Å². The van der Waals surface area contributed by atoms with Gasteiger partial charge in [-0.1, -0.05) is 50.4 Å². The first-order valence-electron chi connectivity index (χ1n) is 6.54. The van der Waals surface area contributed by atoms with Crippen LogP contribution in [0.2, 0.25) is 5.02 Å². The molecule has 0 aliphatic rings. The molecule has 0 heterocycles. The summed E-state index contributed by atoms with van der Waals surface area (Å²) in [5, 5.41) is 0.816. The van der Waals surface area contributed by atoms with Crippen molar-refractivity contribution in [2.75, 3.05) is 0 Å². The van der Waals surface area contributed by atoms with Gasteiger partial charge in [-0.3, -0.25) is 0 Å². The molecular formula is C15H23ClO. The van der Waals surface area contributed by atoms with E-state index in [4.69, 9.17) is 16.3 Å². The molecule has 0 fully saturated rings. The summed E-state index contributed by atoms with van der Waals surface area (Å²) in [6.07, 6.45) is 4.99.